The minimum absolute atomic E-state index is 0.288. The minimum atomic E-state index is -0.686. The first-order valence-electron chi connectivity index (χ1n) is 10.1. The molecule has 0 atom stereocenters. The van der Waals surface area contributed by atoms with E-state index in [0.717, 1.165) is 58.3 Å². The molecule has 0 bridgehead atoms. The Morgan fingerprint density at radius 2 is 1.59 bits per heavy atom. The van der Waals surface area contributed by atoms with Gasteiger partial charge in [-0.1, -0.05) is 48.9 Å². The van der Waals surface area contributed by atoms with E-state index in [-0.39, 0.29) is 6.42 Å². The van der Waals surface area contributed by atoms with Crippen LogP contribution in [0, 0.1) is 0 Å². The Kier molecular flexibility index (Phi) is 9.29. The smallest absolute Gasteiger partial charge is 0.303 e. The monoisotopic (exact) mass is 370 g/mol. The van der Waals surface area contributed by atoms with Crippen LogP contribution in [0.2, 0.25) is 0 Å². The highest BCUT2D eigenvalue weighted by atomic mass is 16.4. The maximum Gasteiger partial charge on any atom is 0.303 e. The Balaban J connectivity index is 1.88. The van der Waals surface area contributed by atoms with Gasteiger partial charge in [0.15, 0.2) is 0 Å². The fraction of sp³-hybridized carbons (Fsp3) is 0.522. The summed E-state index contributed by atoms with van der Waals surface area (Å²) in [6, 6.07) is 15.2. The molecular weight excluding hydrogens is 336 g/mol. The number of benzene rings is 2. The van der Waals surface area contributed by atoms with Gasteiger partial charge < -0.3 is 14.9 Å². The van der Waals surface area contributed by atoms with Crippen LogP contribution in [0.5, 0.6) is 0 Å². The first-order chi connectivity index (χ1) is 13.1. The van der Waals surface area contributed by atoms with Gasteiger partial charge in [0.05, 0.1) is 0 Å². The Labute approximate surface area is 163 Å². The molecule has 0 aliphatic rings. The molecule has 1 N–H and O–H groups in total. The van der Waals surface area contributed by atoms with Crippen molar-refractivity contribution < 1.29 is 9.90 Å². The lowest BCUT2D eigenvalue weighted by molar-refractivity contribution is -0.137. The van der Waals surface area contributed by atoms with Crippen molar-refractivity contribution in [2.45, 2.75) is 38.5 Å². The largest absolute Gasteiger partial charge is 0.481 e. The van der Waals surface area contributed by atoms with Gasteiger partial charge in [0.25, 0.3) is 0 Å². The zero-order valence-electron chi connectivity index (χ0n) is 16.9. The van der Waals surface area contributed by atoms with Gasteiger partial charge in [-0.15, -0.1) is 0 Å². The summed E-state index contributed by atoms with van der Waals surface area (Å²) in [6.07, 6.45) is 5.35. The van der Waals surface area contributed by atoms with Crippen molar-refractivity contribution in [2.75, 3.05) is 40.3 Å². The van der Waals surface area contributed by atoms with E-state index in [2.05, 4.69) is 66.4 Å². The highest BCUT2D eigenvalue weighted by Gasteiger charge is 2.08. The van der Waals surface area contributed by atoms with Crippen molar-refractivity contribution in [3.63, 3.8) is 0 Å². The lowest BCUT2D eigenvalue weighted by atomic mass is 10.0. The second-order valence-electron chi connectivity index (χ2n) is 7.59. The van der Waals surface area contributed by atoms with Gasteiger partial charge in [0, 0.05) is 13.0 Å². The van der Waals surface area contributed by atoms with E-state index in [4.69, 9.17) is 5.11 Å². The number of rotatable bonds is 13. The van der Waals surface area contributed by atoms with Crippen LogP contribution in [0.4, 0.5) is 0 Å². The Morgan fingerprint density at radius 3 is 2.37 bits per heavy atom. The second kappa shape index (κ2) is 11.7. The summed E-state index contributed by atoms with van der Waals surface area (Å²) in [4.78, 5) is 15.4. The van der Waals surface area contributed by atoms with Gasteiger partial charge in [0.1, 0.15) is 0 Å². The summed E-state index contributed by atoms with van der Waals surface area (Å²) in [7, 11) is 4.23. The highest BCUT2D eigenvalue weighted by molar-refractivity contribution is 5.85. The minimum Gasteiger partial charge on any atom is -0.481 e. The van der Waals surface area contributed by atoms with Gasteiger partial charge in [0.2, 0.25) is 0 Å². The van der Waals surface area contributed by atoms with Crippen molar-refractivity contribution in [3.8, 4) is 0 Å². The van der Waals surface area contributed by atoms with E-state index in [0.29, 0.717) is 0 Å². The molecule has 0 radical (unpaired) electrons. The van der Waals surface area contributed by atoms with E-state index in [1.54, 1.807) is 0 Å². The number of hydrogen-bond acceptors (Lipinski definition) is 3. The summed E-state index contributed by atoms with van der Waals surface area (Å²) in [5.74, 6) is -0.686. The Hall–Kier alpha value is -1.91. The number of fused-ring (bicyclic) bond motifs is 1. The molecular formula is C23H34N2O2. The molecule has 0 heterocycles. The summed E-state index contributed by atoms with van der Waals surface area (Å²) >= 11 is 0. The van der Waals surface area contributed by atoms with Gasteiger partial charge in [-0.2, -0.15) is 0 Å². The van der Waals surface area contributed by atoms with Crippen LogP contribution in [0.15, 0.2) is 42.5 Å². The van der Waals surface area contributed by atoms with E-state index in [9.17, 15) is 4.79 Å². The number of nitrogens with zero attached hydrogens (tertiary/aromatic N) is 2. The fourth-order valence-electron chi connectivity index (χ4n) is 3.52. The average Bonchev–Trinajstić information content (AvgIpc) is 2.64. The zero-order chi connectivity index (χ0) is 19.5. The molecule has 2 rings (SSSR count). The van der Waals surface area contributed by atoms with Crippen LogP contribution in [0.25, 0.3) is 10.8 Å². The molecule has 0 saturated carbocycles. The van der Waals surface area contributed by atoms with Crippen LogP contribution in [0.1, 0.15) is 37.7 Å². The normalized spacial score (nSPS) is 11.6. The highest BCUT2D eigenvalue weighted by Crippen LogP contribution is 2.19. The molecule has 4 nitrogen and oxygen atoms in total. The molecule has 0 aromatic heterocycles. The molecule has 0 aliphatic heterocycles. The molecule has 148 valence electrons. The molecule has 0 saturated heterocycles. The summed E-state index contributed by atoms with van der Waals surface area (Å²) in [5.41, 5.74) is 1.41. The summed E-state index contributed by atoms with van der Waals surface area (Å²) in [5, 5.41) is 11.4. The van der Waals surface area contributed by atoms with Crippen LogP contribution in [-0.4, -0.2) is 61.2 Å². The van der Waals surface area contributed by atoms with Crippen molar-refractivity contribution in [3.05, 3.63) is 48.0 Å². The lowest BCUT2D eigenvalue weighted by Gasteiger charge is -2.23. The Bertz CT molecular complexity index is 694. The Morgan fingerprint density at radius 1 is 0.852 bits per heavy atom. The molecule has 0 unspecified atom stereocenters. The predicted molar refractivity (Wildman–Crippen MR) is 113 cm³/mol. The van der Waals surface area contributed by atoms with Gasteiger partial charge in [-0.05, 0) is 75.7 Å². The first kappa shape index (κ1) is 21.4. The first-order valence-corrected chi connectivity index (χ1v) is 10.1. The molecule has 0 fully saturated rings. The maximum atomic E-state index is 10.7. The molecule has 4 heteroatoms. The third kappa shape index (κ3) is 8.10. The van der Waals surface area contributed by atoms with Crippen molar-refractivity contribution in [2.24, 2.45) is 0 Å². The molecule has 0 amide bonds. The van der Waals surface area contributed by atoms with E-state index in [1.807, 2.05) is 0 Å². The van der Waals surface area contributed by atoms with Crippen LogP contribution in [-0.2, 0) is 11.2 Å². The van der Waals surface area contributed by atoms with E-state index < -0.39 is 5.97 Å². The van der Waals surface area contributed by atoms with Crippen molar-refractivity contribution in [1.82, 2.24) is 9.80 Å². The van der Waals surface area contributed by atoms with Crippen molar-refractivity contribution in [1.29, 1.82) is 0 Å². The summed E-state index contributed by atoms with van der Waals surface area (Å²) < 4.78 is 0. The number of carboxylic acid groups (broad SMARTS) is 1. The molecule has 2 aromatic carbocycles. The second-order valence-corrected chi connectivity index (χ2v) is 7.59. The third-order valence-corrected chi connectivity index (χ3v) is 5.02. The van der Waals surface area contributed by atoms with E-state index in [1.165, 1.54) is 16.3 Å². The zero-order valence-corrected chi connectivity index (χ0v) is 16.9. The fourth-order valence-corrected chi connectivity index (χ4v) is 3.52. The number of carbonyl (C=O) groups is 1. The van der Waals surface area contributed by atoms with Crippen molar-refractivity contribution >= 4 is 16.7 Å². The predicted octanol–water partition coefficient (Wildman–Crippen LogP) is 4.28. The molecule has 0 aliphatic carbocycles. The maximum absolute atomic E-state index is 10.7. The third-order valence-electron chi connectivity index (χ3n) is 5.02. The number of unbranched alkanes of at least 4 members (excludes halogenated alkanes) is 2. The lowest BCUT2D eigenvalue weighted by Crippen LogP contribution is -2.30. The summed E-state index contributed by atoms with van der Waals surface area (Å²) in [6.45, 7) is 4.31. The number of aliphatic carboxylic acids is 1. The number of hydrogen-bond donors (Lipinski definition) is 1. The van der Waals surface area contributed by atoms with E-state index >= 15 is 0 Å². The molecule has 27 heavy (non-hydrogen) atoms. The van der Waals surface area contributed by atoms with Crippen LogP contribution in [0.3, 0.4) is 0 Å². The topological polar surface area (TPSA) is 43.8 Å². The SMILES string of the molecule is CN(C)CCCN(CCCCCC(=O)O)CCc1cccc2ccccc12. The quantitative estimate of drug-likeness (QED) is 0.535. The molecule has 2 aromatic rings. The van der Waals surface area contributed by atoms with Crippen LogP contribution >= 0.6 is 0 Å². The van der Waals surface area contributed by atoms with Crippen LogP contribution < -0.4 is 0 Å². The van der Waals surface area contributed by atoms with Gasteiger partial charge >= 0.3 is 5.97 Å². The number of carboxylic acids is 1. The standard InChI is InChI=1S/C23H34N2O2/c1-24(2)16-9-18-25(17-7-3-4-14-23(26)27)19-15-21-12-8-11-20-10-5-6-13-22(20)21/h5-6,8,10-13H,3-4,7,9,14-19H2,1-2H3,(H,26,27). The van der Waals surface area contributed by atoms with Gasteiger partial charge in [-0.3, -0.25) is 4.79 Å². The molecule has 0 spiro atoms. The van der Waals surface area contributed by atoms with Gasteiger partial charge in [-0.25, -0.2) is 0 Å². The average molecular weight is 371 g/mol.